The summed E-state index contributed by atoms with van der Waals surface area (Å²) < 4.78 is 5.03. The van der Waals surface area contributed by atoms with Crippen LogP contribution in [0.2, 0.25) is 0 Å². The Morgan fingerprint density at radius 2 is 1.59 bits per heavy atom. The summed E-state index contributed by atoms with van der Waals surface area (Å²) in [5, 5.41) is 0. The molecule has 0 atom stereocenters. The fourth-order valence-corrected chi connectivity index (χ4v) is 4.71. The Hall–Kier alpha value is -2.57. The molecule has 0 radical (unpaired) electrons. The molecule has 0 aliphatic carbocycles. The third-order valence-electron chi connectivity index (χ3n) is 6.52. The molecule has 7 nitrogen and oxygen atoms in total. The summed E-state index contributed by atoms with van der Waals surface area (Å²) in [4.78, 5) is 43.1. The summed E-state index contributed by atoms with van der Waals surface area (Å²) in [6.07, 6.45) is 2.83. The molecule has 0 spiro atoms. The van der Waals surface area contributed by atoms with Crippen LogP contribution in [0.15, 0.2) is 24.3 Å². The van der Waals surface area contributed by atoms with Crippen molar-refractivity contribution in [1.82, 2.24) is 14.7 Å². The Morgan fingerprint density at radius 3 is 2.21 bits per heavy atom. The van der Waals surface area contributed by atoms with E-state index in [0.717, 1.165) is 36.8 Å². The number of hydrogen-bond acceptors (Lipinski definition) is 4. The van der Waals surface area contributed by atoms with Crippen molar-refractivity contribution < 1.29 is 19.1 Å². The first-order valence-electron chi connectivity index (χ1n) is 10.6. The second kappa shape index (κ2) is 8.43. The molecule has 156 valence electrons. The van der Waals surface area contributed by atoms with Crippen molar-refractivity contribution in [2.24, 2.45) is 5.92 Å². The summed E-state index contributed by atoms with van der Waals surface area (Å²) in [6, 6.07) is 7.83. The minimum absolute atomic E-state index is 0.00998. The van der Waals surface area contributed by atoms with Crippen LogP contribution in [-0.2, 0) is 9.53 Å². The first-order chi connectivity index (χ1) is 14.0. The van der Waals surface area contributed by atoms with Gasteiger partial charge in [0.25, 0.3) is 5.91 Å². The second-order valence-corrected chi connectivity index (χ2v) is 8.25. The van der Waals surface area contributed by atoms with Crippen LogP contribution in [0.3, 0.4) is 0 Å². The zero-order valence-electron chi connectivity index (χ0n) is 17.0. The van der Waals surface area contributed by atoms with E-state index in [9.17, 15) is 14.4 Å². The van der Waals surface area contributed by atoms with Crippen LogP contribution in [0.5, 0.6) is 0 Å². The fraction of sp³-hybridized carbons (Fsp3) is 0.591. The lowest BCUT2D eigenvalue weighted by molar-refractivity contribution is -0.138. The van der Waals surface area contributed by atoms with Crippen LogP contribution in [-0.4, -0.2) is 78.0 Å². The molecule has 4 rings (SSSR count). The molecule has 1 aromatic carbocycles. The zero-order valence-corrected chi connectivity index (χ0v) is 17.0. The number of piperidine rings is 2. The lowest BCUT2D eigenvalue weighted by Crippen LogP contribution is -2.50. The topological polar surface area (TPSA) is 70.2 Å². The third kappa shape index (κ3) is 4.09. The Morgan fingerprint density at radius 1 is 0.931 bits per heavy atom. The van der Waals surface area contributed by atoms with Gasteiger partial charge in [0, 0.05) is 43.7 Å². The maximum atomic E-state index is 13.0. The average Bonchev–Trinajstić information content (AvgIpc) is 3.19. The predicted octanol–water partition coefficient (Wildman–Crippen LogP) is 2.29. The lowest BCUT2D eigenvalue weighted by Gasteiger charge is -2.39. The molecule has 0 saturated carbocycles. The number of benzene rings is 1. The number of nitrogens with zero attached hydrogens (tertiary/aromatic N) is 3. The van der Waals surface area contributed by atoms with Gasteiger partial charge in [-0.2, -0.15) is 0 Å². The number of aryl methyl sites for hydroxylation is 1. The fourth-order valence-electron chi connectivity index (χ4n) is 4.71. The number of ether oxygens (including phenoxy) is 1. The molecule has 0 bridgehead atoms. The Bertz CT molecular complexity index is 780. The van der Waals surface area contributed by atoms with Gasteiger partial charge >= 0.3 is 6.09 Å². The molecule has 3 fully saturated rings. The number of hydrogen-bond donors (Lipinski definition) is 0. The SMILES string of the molecule is Cc1ccccc1C(=O)N1CCC(C(=O)N2CCC(N3CCOC3=O)CC2)CC1. The van der Waals surface area contributed by atoms with Crippen LogP contribution >= 0.6 is 0 Å². The van der Waals surface area contributed by atoms with Gasteiger partial charge in [0.15, 0.2) is 0 Å². The Balaban J connectivity index is 1.27. The third-order valence-corrected chi connectivity index (χ3v) is 6.52. The summed E-state index contributed by atoms with van der Waals surface area (Å²) in [5.74, 6) is 0.256. The van der Waals surface area contributed by atoms with Crippen molar-refractivity contribution in [1.29, 1.82) is 0 Å². The molecule has 3 aliphatic rings. The molecule has 1 aromatic rings. The van der Waals surface area contributed by atoms with Gasteiger partial charge in [0.1, 0.15) is 6.61 Å². The zero-order chi connectivity index (χ0) is 20.4. The highest BCUT2D eigenvalue weighted by Crippen LogP contribution is 2.25. The standard InChI is InChI=1S/C22H29N3O4/c1-16-4-2-3-5-19(16)21(27)24-10-6-17(7-11-24)20(26)23-12-8-18(9-13-23)25-14-15-29-22(25)28/h2-5,17-18H,6-15H2,1H3. The largest absolute Gasteiger partial charge is 0.448 e. The quantitative estimate of drug-likeness (QED) is 0.782. The highest BCUT2D eigenvalue weighted by Gasteiger charge is 2.36. The Kier molecular flexibility index (Phi) is 5.74. The van der Waals surface area contributed by atoms with Gasteiger partial charge < -0.3 is 19.4 Å². The maximum Gasteiger partial charge on any atom is 0.410 e. The predicted molar refractivity (Wildman–Crippen MR) is 107 cm³/mol. The van der Waals surface area contributed by atoms with Crippen LogP contribution in [0, 0.1) is 12.8 Å². The van der Waals surface area contributed by atoms with E-state index in [4.69, 9.17) is 4.74 Å². The second-order valence-electron chi connectivity index (χ2n) is 8.25. The van der Waals surface area contributed by atoms with Crippen LogP contribution in [0.25, 0.3) is 0 Å². The molecule has 0 aromatic heterocycles. The van der Waals surface area contributed by atoms with E-state index >= 15 is 0 Å². The van der Waals surface area contributed by atoms with Gasteiger partial charge in [0.2, 0.25) is 5.91 Å². The van der Waals surface area contributed by atoms with Crippen LogP contribution in [0.1, 0.15) is 41.6 Å². The summed E-state index contributed by atoms with van der Waals surface area (Å²) in [5.41, 5.74) is 1.74. The molecule has 3 amide bonds. The smallest absolute Gasteiger partial charge is 0.410 e. The molecule has 0 unspecified atom stereocenters. The van der Waals surface area contributed by atoms with E-state index in [0.29, 0.717) is 39.3 Å². The van der Waals surface area contributed by atoms with Crippen molar-refractivity contribution in [3.8, 4) is 0 Å². The first-order valence-corrected chi connectivity index (χ1v) is 10.6. The van der Waals surface area contributed by atoms with E-state index < -0.39 is 0 Å². The molecular formula is C22H29N3O4. The van der Waals surface area contributed by atoms with Gasteiger partial charge in [-0.05, 0) is 44.2 Å². The van der Waals surface area contributed by atoms with Crippen LogP contribution < -0.4 is 0 Å². The molecule has 0 N–H and O–H groups in total. The normalized spacial score (nSPS) is 21.4. The molecule has 3 heterocycles. The average molecular weight is 399 g/mol. The molecule has 3 saturated heterocycles. The number of amides is 3. The molecule has 29 heavy (non-hydrogen) atoms. The number of likely N-dealkylation sites (tertiary alicyclic amines) is 2. The highest BCUT2D eigenvalue weighted by atomic mass is 16.6. The first kappa shape index (κ1) is 19.7. The van der Waals surface area contributed by atoms with Gasteiger partial charge in [-0.15, -0.1) is 0 Å². The lowest BCUT2D eigenvalue weighted by atomic mass is 9.93. The van der Waals surface area contributed by atoms with Crippen molar-refractivity contribution in [2.45, 2.75) is 38.6 Å². The summed E-state index contributed by atoms with van der Waals surface area (Å²) >= 11 is 0. The molecule has 3 aliphatic heterocycles. The van der Waals surface area contributed by atoms with E-state index in [1.54, 1.807) is 4.90 Å². The van der Waals surface area contributed by atoms with Crippen molar-refractivity contribution >= 4 is 17.9 Å². The number of carbonyl (C=O) groups is 3. The van der Waals surface area contributed by atoms with E-state index in [1.807, 2.05) is 41.0 Å². The van der Waals surface area contributed by atoms with Gasteiger partial charge in [-0.3, -0.25) is 9.59 Å². The number of carbonyl (C=O) groups excluding carboxylic acids is 3. The van der Waals surface area contributed by atoms with E-state index in [2.05, 4.69) is 0 Å². The monoisotopic (exact) mass is 399 g/mol. The summed E-state index contributed by atoms with van der Waals surface area (Å²) in [6.45, 7) is 5.71. The van der Waals surface area contributed by atoms with Crippen molar-refractivity contribution in [3.05, 3.63) is 35.4 Å². The van der Waals surface area contributed by atoms with Crippen molar-refractivity contribution in [3.63, 3.8) is 0 Å². The minimum atomic E-state index is -0.222. The number of rotatable bonds is 3. The molecular weight excluding hydrogens is 370 g/mol. The Labute approximate surface area is 171 Å². The van der Waals surface area contributed by atoms with Gasteiger partial charge in [-0.25, -0.2) is 4.79 Å². The van der Waals surface area contributed by atoms with Gasteiger partial charge in [0.05, 0.1) is 6.54 Å². The van der Waals surface area contributed by atoms with E-state index in [-0.39, 0.29) is 29.9 Å². The summed E-state index contributed by atoms with van der Waals surface area (Å²) in [7, 11) is 0. The number of cyclic esters (lactones) is 1. The van der Waals surface area contributed by atoms with Gasteiger partial charge in [-0.1, -0.05) is 18.2 Å². The maximum absolute atomic E-state index is 13.0. The van der Waals surface area contributed by atoms with E-state index in [1.165, 1.54) is 0 Å². The highest BCUT2D eigenvalue weighted by molar-refractivity contribution is 5.95. The molecule has 7 heteroatoms. The van der Waals surface area contributed by atoms with Crippen LogP contribution in [0.4, 0.5) is 4.79 Å². The van der Waals surface area contributed by atoms with Crippen molar-refractivity contribution in [2.75, 3.05) is 39.3 Å². The minimum Gasteiger partial charge on any atom is -0.448 e.